The van der Waals surface area contributed by atoms with Gasteiger partial charge in [0, 0.05) is 38.3 Å². The van der Waals surface area contributed by atoms with Crippen LogP contribution >= 0.6 is 0 Å². The van der Waals surface area contributed by atoms with Crippen LogP contribution in [0.15, 0.2) is 52.9 Å². The molecule has 1 atom stereocenters. The molecule has 6 heteroatoms. The van der Waals surface area contributed by atoms with Crippen LogP contribution in [0.5, 0.6) is 0 Å². The molecule has 2 aromatic carbocycles. The Labute approximate surface area is 151 Å². The molecule has 134 valence electrons. The third kappa shape index (κ3) is 3.76. The average molecular weight is 351 g/mol. The fourth-order valence-electron chi connectivity index (χ4n) is 3.19. The molecule has 0 bridgehead atoms. The lowest BCUT2D eigenvalue weighted by atomic mass is 10.2. The number of carbonyl (C=O) groups is 1. The first-order chi connectivity index (χ1) is 12.7. The second-order valence-corrected chi connectivity index (χ2v) is 6.48. The molecule has 1 fully saturated rings. The molecule has 0 aliphatic carbocycles. The quantitative estimate of drug-likeness (QED) is 0.783. The van der Waals surface area contributed by atoms with Crippen molar-refractivity contribution >= 4 is 22.7 Å². The van der Waals surface area contributed by atoms with Crippen molar-refractivity contribution in [2.75, 3.05) is 25.0 Å². The zero-order valence-corrected chi connectivity index (χ0v) is 14.6. The normalized spacial score (nSPS) is 18.1. The molecular formula is C20H21N3O3. The Hall–Kier alpha value is -2.70. The van der Waals surface area contributed by atoms with Crippen molar-refractivity contribution in [2.24, 2.45) is 0 Å². The number of ether oxygens (including phenoxy) is 1. The van der Waals surface area contributed by atoms with E-state index < -0.39 is 6.10 Å². The van der Waals surface area contributed by atoms with E-state index in [1.807, 2.05) is 30.3 Å². The van der Waals surface area contributed by atoms with Gasteiger partial charge < -0.3 is 14.5 Å². The summed E-state index contributed by atoms with van der Waals surface area (Å²) in [4.78, 5) is 19.1. The molecule has 2 heterocycles. The molecule has 0 saturated carbocycles. The van der Waals surface area contributed by atoms with Crippen LogP contribution in [0, 0.1) is 6.92 Å². The second kappa shape index (κ2) is 7.27. The van der Waals surface area contributed by atoms with E-state index in [0.29, 0.717) is 30.3 Å². The number of amides is 1. The molecule has 4 rings (SSSR count). The van der Waals surface area contributed by atoms with Gasteiger partial charge in [0.05, 0.1) is 6.61 Å². The van der Waals surface area contributed by atoms with E-state index in [0.717, 1.165) is 18.6 Å². The number of benzene rings is 2. The lowest BCUT2D eigenvalue weighted by Gasteiger charge is -2.32. The van der Waals surface area contributed by atoms with E-state index in [1.54, 1.807) is 13.0 Å². The standard InChI is InChI=1S/C20H21N3O3/c1-14-21-17-8-7-16(11-18(17)26-14)22-20(24)19-13-23(9-10-25-19)12-15-5-3-2-4-6-15/h2-8,11,19H,9-10,12-13H2,1H3,(H,22,24). The Morgan fingerprint density at radius 1 is 1.27 bits per heavy atom. The SMILES string of the molecule is Cc1nc2ccc(NC(=O)C3CN(Cc4ccccc4)CCO3)cc2o1. The van der Waals surface area contributed by atoms with E-state index in [2.05, 4.69) is 27.3 Å². The Morgan fingerprint density at radius 3 is 2.96 bits per heavy atom. The summed E-state index contributed by atoms with van der Waals surface area (Å²) in [5.41, 5.74) is 3.36. The molecule has 1 aromatic heterocycles. The molecular weight excluding hydrogens is 330 g/mol. The summed E-state index contributed by atoms with van der Waals surface area (Å²) in [6, 6.07) is 15.7. The summed E-state index contributed by atoms with van der Waals surface area (Å²) in [6.45, 7) is 4.56. The molecule has 0 radical (unpaired) electrons. The maximum absolute atomic E-state index is 12.6. The van der Waals surface area contributed by atoms with E-state index in [9.17, 15) is 4.79 Å². The number of fused-ring (bicyclic) bond motifs is 1. The minimum Gasteiger partial charge on any atom is -0.441 e. The number of morpholine rings is 1. The van der Waals surface area contributed by atoms with Gasteiger partial charge in [0.1, 0.15) is 11.6 Å². The van der Waals surface area contributed by atoms with Gasteiger partial charge in [-0.3, -0.25) is 9.69 Å². The fourth-order valence-corrected chi connectivity index (χ4v) is 3.19. The van der Waals surface area contributed by atoms with Gasteiger partial charge >= 0.3 is 0 Å². The number of carbonyl (C=O) groups excluding carboxylic acids is 1. The molecule has 1 saturated heterocycles. The van der Waals surface area contributed by atoms with E-state index in [4.69, 9.17) is 9.15 Å². The van der Waals surface area contributed by atoms with Crippen molar-refractivity contribution in [2.45, 2.75) is 19.6 Å². The number of aromatic nitrogens is 1. The summed E-state index contributed by atoms with van der Waals surface area (Å²) in [5.74, 6) is 0.467. The average Bonchev–Trinajstić information content (AvgIpc) is 3.02. The number of aryl methyl sites for hydroxylation is 1. The Balaban J connectivity index is 1.40. The molecule has 1 unspecified atom stereocenters. The van der Waals surface area contributed by atoms with Gasteiger partial charge in [0.2, 0.25) is 0 Å². The van der Waals surface area contributed by atoms with Gasteiger partial charge in [-0.25, -0.2) is 4.98 Å². The first kappa shape index (κ1) is 16.8. The third-order valence-corrected chi connectivity index (χ3v) is 4.45. The largest absolute Gasteiger partial charge is 0.441 e. The van der Waals surface area contributed by atoms with Crippen LogP contribution in [0.2, 0.25) is 0 Å². The molecule has 1 N–H and O–H groups in total. The lowest BCUT2D eigenvalue weighted by molar-refractivity contribution is -0.133. The van der Waals surface area contributed by atoms with Crippen molar-refractivity contribution in [1.29, 1.82) is 0 Å². The maximum Gasteiger partial charge on any atom is 0.254 e. The van der Waals surface area contributed by atoms with Gasteiger partial charge in [-0.1, -0.05) is 30.3 Å². The summed E-state index contributed by atoms with van der Waals surface area (Å²) in [5, 5.41) is 2.92. The minimum absolute atomic E-state index is 0.140. The third-order valence-electron chi connectivity index (χ3n) is 4.45. The summed E-state index contributed by atoms with van der Waals surface area (Å²) in [6.07, 6.45) is -0.486. The molecule has 1 aliphatic rings. The smallest absolute Gasteiger partial charge is 0.254 e. The molecule has 6 nitrogen and oxygen atoms in total. The number of rotatable bonds is 4. The molecule has 3 aromatic rings. The lowest BCUT2D eigenvalue weighted by Crippen LogP contribution is -2.47. The summed E-state index contributed by atoms with van der Waals surface area (Å²) < 4.78 is 11.2. The highest BCUT2D eigenvalue weighted by Gasteiger charge is 2.26. The number of hydrogen-bond donors (Lipinski definition) is 1. The predicted molar refractivity (Wildman–Crippen MR) is 98.8 cm³/mol. The molecule has 0 spiro atoms. The van der Waals surface area contributed by atoms with Crippen molar-refractivity contribution in [3.05, 3.63) is 60.0 Å². The van der Waals surface area contributed by atoms with Crippen molar-refractivity contribution < 1.29 is 13.9 Å². The van der Waals surface area contributed by atoms with Crippen LogP contribution in [0.4, 0.5) is 5.69 Å². The highest BCUT2D eigenvalue weighted by molar-refractivity contribution is 5.95. The minimum atomic E-state index is -0.486. The monoisotopic (exact) mass is 351 g/mol. The zero-order chi connectivity index (χ0) is 17.9. The van der Waals surface area contributed by atoms with Gasteiger partial charge in [0.15, 0.2) is 11.5 Å². The van der Waals surface area contributed by atoms with Gasteiger partial charge in [-0.15, -0.1) is 0 Å². The maximum atomic E-state index is 12.6. The van der Waals surface area contributed by atoms with E-state index in [-0.39, 0.29) is 5.91 Å². The Morgan fingerprint density at radius 2 is 2.12 bits per heavy atom. The number of oxazole rings is 1. The van der Waals surface area contributed by atoms with Crippen LogP contribution in [-0.4, -0.2) is 41.6 Å². The summed E-state index contributed by atoms with van der Waals surface area (Å²) in [7, 11) is 0. The van der Waals surface area contributed by atoms with E-state index in [1.165, 1.54) is 5.56 Å². The van der Waals surface area contributed by atoms with Gasteiger partial charge in [-0.2, -0.15) is 0 Å². The van der Waals surface area contributed by atoms with Crippen molar-refractivity contribution in [3.63, 3.8) is 0 Å². The van der Waals surface area contributed by atoms with E-state index >= 15 is 0 Å². The zero-order valence-electron chi connectivity index (χ0n) is 14.6. The first-order valence-corrected chi connectivity index (χ1v) is 8.73. The van der Waals surface area contributed by atoms with Crippen LogP contribution < -0.4 is 5.32 Å². The molecule has 26 heavy (non-hydrogen) atoms. The van der Waals surface area contributed by atoms with Crippen molar-refractivity contribution in [1.82, 2.24) is 9.88 Å². The number of anilines is 1. The van der Waals surface area contributed by atoms with Crippen LogP contribution in [0.3, 0.4) is 0 Å². The fraction of sp³-hybridized carbons (Fsp3) is 0.300. The topological polar surface area (TPSA) is 67.6 Å². The first-order valence-electron chi connectivity index (χ1n) is 8.73. The Bertz CT molecular complexity index is 907. The Kier molecular flexibility index (Phi) is 4.69. The predicted octanol–water partition coefficient (Wildman–Crippen LogP) is 2.98. The highest BCUT2D eigenvalue weighted by atomic mass is 16.5. The number of nitrogens with one attached hydrogen (secondary N) is 1. The van der Waals surface area contributed by atoms with Crippen LogP contribution in [0.25, 0.3) is 11.1 Å². The van der Waals surface area contributed by atoms with Gasteiger partial charge in [-0.05, 0) is 17.7 Å². The number of hydrogen-bond acceptors (Lipinski definition) is 5. The van der Waals surface area contributed by atoms with Gasteiger partial charge in [0.25, 0.3) is 5.91 Å². The molecule has 1 amide bonds. The van der Waals surface area contributed by atoms with Crippen LogP contribution in [0.1, 0.15) is 11.5 Å². The second-order valence-electron chi connectivity index (χ2n) is 6.48. The summed E-state index contributed by atoms with van der Waals surface area (Å²) >= 11 is 0. The highest BCUT2D eigenvalue weighted by Crippen LogP contribution is 2.20. The van der Waals surface area contributed by atoms with Crippen molar-refractivity contribution in [3.8, 4) is 0 Å². The molecule has 1 aliphatic heterocycles. The van der Waals surface area contributed by atoms with Crippen LogP contribution in [-0.2, 0) is 16.1 Å². The number of nitrogens with zero attached hydrogens (tertiary/aromatic N) is 2.